The molecule has 1 aromatic carbocycles. The number of benzene rings is 1. The van der Waals surface area contributed by atoms with E-state index in [4.69, 9.17) is 10.8 Å². The van der Waals surface area contributed by atoms with Crippen molar-refractivity contribution in [1.82, 2.24) is 9.78 Å². The van der Waals surface area contributed by atoms with Crippen LogP contribution >= 0.6 is 0 Å². The topological polar surface area (TPSA) is 84.3 Å². The number of nitrogens with zero attached hydrogens (tertiary/aromatic N) is 2. The minimum atomic E-state index is -0.911. The maximum atomic E-state index is 9.34. The van der Waals surface area contributed by atoms with Crippen molar-refractivity contribution in [2.24, 2.45) is 12.8 Å². The molecule has 0 aliphatic rings. The Morgan fingerprint density at radius 3 is 2.48 bits per heavy atom. The third-order valence-corrected chi connectivity index (χ3v) is 5.05. The summed E-state index contributed by atoms with van der Waals surface area (Å²) in [5.41, 5.74) is 8.55. The normalized spacial score (nSPS) is 12.2. The zero-order valence-electron chi connectivity index (χ0n) is 15.7. The second-order valence-electron chi connectivity index (χ2n) is 7.26. The number of rotatable bonds is 11. The van der Waals surface area contributed by atoms with Crippen molar-refractivity contribution in [3.63, 3.8) is 0 Å². The zero-order chi connectivity index (χ0) is 18.3. The first-order valence-corrected chi connectivity index (χ1v) is 9.48. The minimum absolute atomic E-state index is 0.207. The Kier molecular flexibility index (Phi) is 7.41. The van der Waals surface area contributed by atoms with E-state index in [1.165, 1.54) is 48.7 Å². The molecule has 0 spiro atoms. The molecule has 1 heterocycles. The van der Waals surface area contributed by atoms with Crippen LogP contribution in [0.15, 0.2) is 18.2 Å². The number of nitrogens with two attached hydrogens (primary N) is 1. The van der Waals surface area contributed by atoms with Gasteiger partial charge in [-0.1, -0.05) is 38.7 Å². The molecule has 140 valence electrons. The summed E-state index contributed by atoms with van der Waals surface area (Å²) in [6.07, 6.45) is 8.61. The summed E-state index contributed by atoms with van der Waals surface area (Å²) in [5.74, 6) is 0. The number of aliphatic hydroxyl groups is 2. The van der Waals surface area contributed by atoms with Crippen molar-refractivity contribution in [2.45, 2.75) is 63.8 Å². The Morgan fingerprint density at radius 2 is 1.80 bits per heavy atom. The van der Waals surface area contributed by atoms with Crippen LogP contribution in [0.2, 0.25) is 0 Å². The van der Waals surface area contributed by atoms with Crippen LogP contribution in [0.25, 0.3) is 10.9 Å². The Morgan fingerprint density at radius 1 is 1.08 bits per heavy atom. The molecule has 0 saturated carbocycles. The first kappa shape index (κ1) is 19.9. The number of fused-ring (bicyclic) bond motifs is 1. The summed E-state index contributed by atoms with van der Waals surface area (Å²) in [7, 11) is 1.99. The highest BCUT2D eigenvalue weighted by Crippen LogP contribution is 2.23. The van der Waals surface area contributed by atoms with E-state index in [1.807, 2.05) is 11.7 Å². The van der Waals surface area contributed by atoms with E-state index >= 15 is 0 Å². The van der Waals surface area contributed by atoms with Crippen molar-refractivity contribution < 1.29 is 10.2 Å². The van der Waals surface area contributed by atoms with Crippen LogP contribution in [0.3, 0.4) is 0 Å². The molecule has 5 heteroatoms. The predicted molar refractivity (Wildman–Crippen MR) is 103 cm³/mol. The highest BCUT2D eigenvalue weighted by Gasteiger charge is 2.22. The van der Waals surface area contributed by atoms with Gasteiger partial charge in [-0.3, -0.25) is 4.68 Å². The molecule has 0 aliphatic carbocycles. The second-order valence-corrected chi connectivity index (χ2v) is 7.26. The average molecular weight is 348 g/mol. The van der Waals surface area contributed by atoms with E-state index in [2.05, 4.69) is 25.1 Å². The lowest BCUT2D eigenvalue weighted by molar-refractivity contribution is 0.115. The quantitative estimate of drug-likeness (QED) is 0.546. The number of hydrogen-bond donors (Lipinski definition) is 3. The third kappa shape index (κ3) is 5.27. The molecule has 0 radical (unpaired) electrons. The summed E-state index contributed by atoms with van der Waals surface area (Å²) in [6, 6.07) is 6.39. The molecule has 25 heavy (non-hydrogen) atoms. The molecule has 0 aliphatic heterocycles. The van der Waals surface area contributed by atoms with Crippen molar-refractivity contribution in [3.05, 3.63) is 29.5 Å². The zero-order valence-corrected chi connectivity index (χ0v) is 15.7. The number of aryl methyl sites for hydroxylation is 3. The summed E-state index contributed by atoms with van der Waals surface area (Å²) < 4.78 is 1.95. The Labute approximate surface area is 150 Å². The minimum Gasteiger partial charge on any atom is -0.394 e. The SMILES string of the molecule is CCCCCCCc1nn(C)c2ccc(CCC(N)(CO)CO)cc12. The molecule has 0 unspecified atom stereocenters. The van der Waals surface area contributed by atoms with Crippen molar-refractivity contribution >= 4 is 10.9 Å². The van der Waals surface area contributed by atoms with Gasteiger partial charge in [-0.15, -0.1) is 0 Å². The molecule has 0 fully saturated rings. The summed E-state index contributed by atoms with van der Waals surface area (Å²) >= 11 is 0. The van der Waals surface area contributed by atoms with Gasteiger partial charge in [-0.05, 0) is 43.4 Å². The Hall–Kier alpha value is -1.43. The van der Waals surface area contributed by atoms with Gasteiger partial charge >= 0.3 is 0 Å². The number of aromatic nitrogens is 2. The molecular weight excluding hydrogens is 314 g/mol. The first-order chi connectivity index (χ1) is 12.0. The van der Waals surface area contributed by atoms with Gasteiger partial charge in [0.1, 0.15) is 0 Å². The van der Waals surface area contributed by atoms with Gasteiger partial charge in [-0.25, -0.2) is 0 Å². The van der Waals surface area contributed by atoms with Gasteiger partial charge in [0.15, 0.2) is 0 Å². The van der Waals surface area contributed by atoms with Crippen LogP contribution < -0.4 is 5.73 Å². The van der Waals surface area contributed by atoms with E-state index in [1.54, 1.807) is 0 Å². The summed E-state index contributed by atoms with van der Waals surface area (Å²) in [5, 5.41) is 24.6. The fourth-order valence-corrected chi connectivity index (χ4v) is 3.22. The van der Waals surface area contributed by atoms with E-state index in [9.17, 15) is 10.2 Å². The monoisotopic (exact) mass is 347 g/mol. The lowest BCUT2D eigenvalue weighted by Gasteiger charge is -2.24. The largest absolute Gasteiger partial charge is 0.394 e. The van der Waals surface area contributed by atoms with Gasteiger partial charge < -0.3 is 15.9 Å². The summed E-state index contributed by atoms with van der Waals surface area (Å²) in [4.78, 5) is 0. The van der Waals surface area contributed by atoms with E-state index in [0.717, 1.165) is 18.4 Å². The van der Waals surface area contributed by atoms with E-state index in [-0.39, 0.29) is 13.2 Å². The lowest BCUT2D eigenvalue weighted by Crippen LogP contribution is -2.47. The van der Waals surface area contributed by atoms with Crippen LogP contribution in [0, 0.1) is 0 Å². The Bertz CT molecular complexity index is 662. The molecule has 0 atom stereocenters. The predicted octanol–water partition coefficient (Wildman–Crippen LogP) is 2.70. The van der Waals surface area contributed by atoms with Crippen LogP contribution in [0.1, 0.15) is 56.7 Å². The van der Waals surface area contributed by atoms with Crippen LogP contribution in [0.5, 0.6) is 0 Å². The number of hydrogen-bond acceptors (Lipinski definition) is 4. The lowest BCUT2D eigenvalue weighted by atomic mass is 9.93. The fraction of sp³-hybridized carbons (Fsp3) is 0.650. The molecule has 5 nitrogen and oxygen atoms in total. The maximum absolute atomic E-state index is 9.34. The Balaban J connectivity index is 2.07. The molecular formula is C20H33N3O2. The van der Waals surface area contributed by atoms with Gasteiger partial charge in [-0.2, -0.15) is 5.10 Å². The highest BCUT2D eigenvalue weighted by atomic mass is 16.3. The summed E-state index contributed by atoms with van der Waals surface area (Å²) in [6.45, 7) is 1.82. The van der Waals surface area contributed by atoms with Gasteiger partial charge in [0.2, 0.25) is 0 Å². The van der Waals surface area contributed by atoms with Gasteiger partial charge in [0, 0.05) is 12.4 Å². The van der Waals surface area contributed by atoms with Gasteiger partial charge in [0.05, 0.1) is 30.0 Å². The number of aliphatic hydroxyl groups excluding tert-OH is 2. The van der Waals surface area contributed by atoms with Crippen LogP contribution in [0.4, 0.5) is 0 Å². The van der Waals surface area contributed by atoms with Gasteiger partial charge in [0.25, 0.3) is 0 Å². The smallest absolute Gasteiger partial charge is 0.0703 e. The van der Waals surface area contributed by atoms with Crippen molar-refractivity contribution in [3.8, 4) is 0 Å². The fourth-order valence-electron chi connectivity index (χ4n) is 3.22. The van der Waals surface area contributed by atoms with E-state index in [0.29, 0.717) is 6.42 Å². The van der Waals surface area contributed by atoms with Crippen molar-refractivity contribution in [2.75, 3.05) is 13.2 Å². The second kappa shape index (κ2) is 9.32. The number of unbranched alkanes of at least 4 members (excludes halogenated alkanes) is 4. The average Bonchev–Trinajstić information content (AvgIpc) is 2.95. The highest BCUT2D eigenvalue weighted by molar-refractivity contribution is 5.82. The van der Waals surface area contributed by atoms with E-state index < -0.39 is 5.54 Å². The maximum Gasteiger partial charge on any atom is 0.0703 e. The molecule has 1 aromatic heterocycles. The van der Waals surface area contributed by atoms with Crippen LogP contribution in [-0.4, -0.2) is 38.7 Å². The van der Waals surface area contributed by atoms with Crippen molar-refractivity contribution in [1.29, 1.82) is 0 Å². The molecule has 2 rings (SSSR count). The standard InChI is InChI=1S/C20H33N3O2/c1-3-4-5-6-7-8-18-17-13-16(9-10-19(17)23(2)22-18)11-12-20(21,14-24)15-25/h9-10,13,24-25H,3-8,11-12,14-15,21H2,1-2H3. The third-order valence-electron chi connectivity index (χ3n) is 5.05. The molecule has 0 amide bonds. The molecule has 0 saturated heterocycles. The van der Waals surface area contributed by atoms with Crippen LogP contribution in [-0.2, 0) is 19.9 Å². The molecule has 4 N–H and O–H groups in total. The molecule has 2 aromatic rings. The molecule has 0 bridgehead atoms. The first-order valence-electron chi connectivity index (χ1n) is 9.48.